The number of thiophene rings is 3. The molecule has 5 heteroatoms. The van der Waals surface area contributed by atoms with Crippen LogP contribution in [0.4, 0.5) is 0 Å². The molecule has 17 heavy (non-hydrogen) atoms. The Balaban J connectivity index is 2.04. The van der Waals surface area contributed by atoms with E-state index in [9.17, 15) is 5.11 Å². The Morgan fingerprint density at radius 3 is 2.71 bits per heavy atom. The second-order valence-electron chi connectivity index (χ2n) is 3.76. The topological polar surface area (TPSA) is 20.2 Å². The van der Waals surface area contributed by atoms with Gasteiger partial charge in [0.25, 0.3) is 0 Å². The summed E-state index contributed by atoms with van der Waals surface area (Å²) in [5.41, 5.74) is 1.01. The smallest absolute Gasteiger partial charge is 0.114 e. The maximum atomic E-state index is 10.4. The Morgan fingerprint density at radius 2 is 2.06 bits per heavy atom. The number of fused-ring (bicyclic) bond motifs is 1. The summed E-state index contributed by atoms with van der Waals surface area (Å²) < 4.78 is 3.59. The van der Waals surface area contributed by atoms with Crippen molar-refractivity contribution in [3.8, 4) is 0 Å². The quantitative estimate of drug-likeness (QED) is 0.679. The molecular formula is C12H9BrOS3. The van der Waals surface area contributed by atoms with Crippen molar-refractivity contribution in [2.45, 2.75) is 13.0 Å². The molecule has 1 N–H and O–H groups in total. The van der Waals surface area contributed by atoms with Gasteiger partial charge in [0.2, 0.25) is 0 Å². The Labute approximate surface area is 119 Å². The van der Waals surface area contributed by atoms with E-state index in [0.717, 1.165) is 14.2 Å². The molecule has 0 radical (unpaired) electrons. The molecule has 0 saturated carbocycles. The second-order valence-corrected chi connectivity index (χ2v) is 8.46. The first-order chi connectivity index (χ1) is 8.15. The molecule has 3 heterocycles. The van der Waals surface area contributed by atoms with Crippen molar-refractivity contribution in [2.75, 3.05) is 0 Å². The number of aryl methyl sites for hydroxylation is 1. The normalized spacial score (nSPS) is 13.4. The average molecular weight is 345 g/mol. The highest BCUT2D eigenvalue weighted by Gasteiger charge is 2.18. The maximum Gasteiger partial charge on any atom is 0.114 e. The van der Waals surface area contributed by atoms with E-state index in [1.54, 1.807) is 34.0 Å². The van der Waals surface area contributed by atoms with Crippen LogP contribution >= 0.6 is 49.9 Å². The first-order valence-corrected chi connectivity index (χ1v) is 8.36. The van der Waals surface area contributed by atoms with E-state index >= 15 is 0 Å². The van der Waals surface area contributed by atoms with Crippen molar-refractivity contribution in [2.24, 2.45) is 0 Å². The lowest BCUT2D eigenvalue weighted by molar-refractivity contribution is 0.224. The summed E-state index contributed by atoms with van der Waals surface area (Å²) in [5, 5.41) is 12.5. The molecule has 0 fully saturated rings. The van der Waals surface area contributed by atoms with E-state index in [4.69, 9.17) is 0 Å². The van der Waals surface area contributed by atoms with Gasteiger partial charge in [0.1, 0.15) is 6.10 Å². The summed E-state index contributed by atoms with van der Waals surface area (Å²) in [5.74, 6) is 0. The predicted octanol–water partition coefficient (Wildman–Crippen LogP) is 5.18. The summed E-state index contributed by atoms with van der Waals surface area (Å²) in [6.45, 7) is 2.05. The number of hydrogen-bond acceptors (Lipinski definition) is 4. The fourth-order valence-corrected chi connectivity index (χ4v) is 5.67. The molecule has 1 nitrogen and oxygen atoms in total. The van der Waals surface area contributed by atoms with Crippen molar-refractivity contribution >= 4 is 59.3 Å². The van der Waals surface area contributed by atoms with Crippen molar-refractivity contribution in [1.82, 2.24) is 0 Å². The van der Waals surface area contributed by atoms with Crippen molar-refractivity contribution in [3.63, 3.8) is 0 Å². The number of aliphatic hydroxyl groups is 1. The molecule has 1 unspecified atom stereocenters. The molecule has 1 atom stereocenters. The summed E-state index contributed by atoms with van der Waals surface area (Å²) in [6.07, 6.45) is -0.498. The third-order valence-electron chi connectivity index (χ3n) is 2.65. The van der Waals surface area contributed by atoms with Crippen LogP contribution in [0.1, 0.15) is 21.4 Å². The molecular weight excluding hydrogens is 336 g/mol. The molecule has 0 aliphatic carbocycles. The standard InChI is InChI=1S/C12H9BrOS3/c1-6-7(4-11(13)16-6)12(14)10-5-9-8(17-10)2-3-15-9/h2-5,12,14H,1H3. The molecule has 0 bridgehead atoms. The van der Waals surface area contributed by atoms with Gasteiger partial charge in [-0.3, -0.25) is 0 Å². The zero-order chi connectivity index (χ0) is 12.0. The minimum atomic E-state index is -0.498. The molecule has 0 amide bonds. The van der Waals surface area contributed by atoms with Crippen LogP contribution < -0.4 is 0 Å². The highest BCUT2D eigenvalue weighted by molar-refractivity contribution is 9.11. The monoisotopic (exact) mass is 344 g/mol. The van der Waals surface area contributed by atoms with E-state index in [0.29, 0.717) is 0 Å². The molecule has 0 saturated heterocycles. The highest BCUT2D eigenvalue weighted by atomic mass is 79.9. The van der Waals surface area contributed by atoms with Gasteiger partial charge in [0.05, 0.1) is 3.79 Å². The van der Waals surface area contributed by atoms with Gasteiger partial charge in [-0.05, 0) is 46.4 Å². The molecule has 3 rings (SSSR count). The van der Waals surface area contributed by atoms with Gasteiger partial charge in [-0.1, -0.05) is 0 Å². The molecule has 0 aromatic carbocycles. The number of aliphatic hydroxyl groups excluding tert-OH is 1. The van der Waals surface area contributed by atoms with Gasteiger partial charge >= 0.3 is 0 Å². The fraction of sp³-hybridized carbons (Fsp3) is 0.167. The molecule has 88 valence electrons. The molecule has 0 aliphatic rings. The van der Waals surface area contributed by atoms with Crippen LogP contribution in [0, 0.1) is 6.92 Å². The van der Waals surface area contributed by atoms with Gasteiger partial charge < -0.3 is 5.11 Å². The van der Waals surface area contributed by atoms with Gasteiger partial charge in [0.15, 0.2) is 0 Å². The maximum absolute atomic E-state index is 10.4. The Bertz CT molecular complexity index is 636. The second kappa shape index (κ2) is 4.48. The zero-order valence-corrected chi connectivity index (χ0v) is 13.0. The Morgan fingerprint density at radius 1 is 1.24 bits per heavy atom. The Kier molecular flexibility index (Phi) is 3.13. The number of hydrogen-bond donors (Lipinski definition) is 1. The van der Waals surface area contributed by atoms with Crippen LogP contribution in [-0.4, -0.2) is 5.11 Å². The first-order valence-electron chi connectivity index (χ1n) is 5.06. The zero-order valence-electron chi connectivity index (χ0n) is 8.94. The SMILES string of the molecule is Cc1sc(Br)cc1C(O)c1cc2sccc2s1. The van der Waals surface area contributed by atoms with Crippen molar-refractivity contribution < 1.29 is 5.11 Å². The van der Waals surface area contributed by atoms with Gasteiger partial charge in [-0.15, -0.1) is 34.0 Å². The van der Waals surface area contributed by atoms with Crippen LogP contribution in [0.2, 0.25) is 0 Å². The Hall–Kier alpha value is -0.200. The minimum Gasteiger partial charge on any atom is -0.383 e. The van der Waals surface area contributed by atoms with E-state index in [-0.39, 0.29) is 0 Å². The fourth-order valence-electron chi connectivity index (χ4n) is 1.80. The number of rotatable bonds is 2. The summed E-state index contributed by atoms with van der Waals surface area (Å²) in [4.78, 5) is 2.20. The molecule has 0 aliphatic heterocycles. The molecule has 3 aromatic heterocycles. The number of halogens is 1. The van der Waals surface area contributed by atoms with E-state index in [2.05, 4.69) is 33.4 Å². The third kappa shape index (κ3) is 2.11. The van der Waals surface area contributed by atoms with Crippen LogP contribution in [0.5, 0.6) is 0 Å². The van der Waals surface area contributed by atoms with Crippen LogP contribution in [-0.2, 0) is 0 Å². The largest absolute Gasteiger partial charge is 0.383 e. The van der Waals surface area contributed by atoms with E-state index in [1.807, 2.05) is 13.0 Å². The summed E-state index contributed by atoms with van der Waals surface area (Å²) >= 11 is 8.53. The third-order valence-corrected chi connectivity index (χ3v) is 6.36. The van der Waals surface area contributed by atoms with Gasteiger partial charge in [-0.25, -0.2) is 0 Å². The van der Waals surface area contributed by atoms with Crippen molar-refractivity contribution in [1.29, 1.82) is 0 Å². The van der Waals surface area contributed by atoms with Crippen LogP contribution in [0.25, 0.3) is 9.40 Å². The highest BCUT2D eigenvalue weighted by Crippen LogP contribution is 2.39. The molecule has 0 spiro atoms. The average Bonchev–Trinajstić information content (AvgIpc) is 2.90. The van der Waals surface area contributed by atoms with Gasteiger partial charge in [-0.2, -0.15) is 0 Å². The van der Waals surface area contributed by atoms with Gasteiger partial charge in [0, 0.05) is 24.7 Å². The molecule has 3 aromatic rings. The van der Waals surface area contributed by atoms with Crippen molar-refractivity contribution in [3.05, 3.63) is 42.7 Å². The lowest BCUT2D eigenvalue weighted by atomic mass is 10.1. The first kappa shape index (κ1) is 11.9. The van der Waals surface area contributed by atoms with Crippen LogP contribution in [0.3, 0.4) is 0 Å². The predicted molar refractivity (Wildman–Crippen MR) is 80.5 cm³/mol. The lowest BCUT2D eigenvalue weighted by Crippen LogP contribution is -1.96. The lowest BCUT2D eigenvalue weighted by Gasteiger charge is -2.07. The van der Waals surface area contributed by atoms with E-state index < -0.39 is 6.10 Å². The summed E-state index contributed by atoms with van der Waals surface area (Å²) in [7, 11) is 0. The summed E-state index contributed by atoms with van der Waals surface area (Å²) in [6, 6.07) is 6.22. The van der Waals surface area contributed by atoms with Crippen LogP contribution in [0.15, 0.2) is 27.4 Å². The van der Waals surface area contributed by atoms with E-state index in [1.165, 1.54) is 14.3 Å². The minimum absolute atomic E-state index is 0.498.